The Hall–Kier alpha value is -0.340. The molecule has 10 atom stereocenters. The quantitative estimate of drug-likeness (QED) is 0.422. The van der Waals surface area contributed by atoms with E-state index in [1.165, 1.54) is 37.7 Å². The summed E-state index contributed by atoms with van der Waals surface area (Å²) in [6.07, 6.45) is 12.1. The van der Waals surface area contributed by atoms with Crippen LogP contribution in [0.3, 0.4) is 0 Å². The third-order valence-electron chi connectivity index (χ3n) is 12.9. The highest BCUT2D eigenvalue weighted by atomic mass is 16.3. The van der Waals surface area contributed by atoms with E-state index in [4.69, 9.17) is 0 Å². The van der Waals surface area contributed by atoms with Crippen LogP contribution >= 0.6 is 0 Å². The molecule has 190 valence electrons. The summed E-state index contributed by atoms with van der Waals surface area (Å²) >= 11 is 0. The first-order valence-electron chi connectivity index (χ1n) is 14.1. The van der Waals surface area contributed by atoms with E-state index in [9.17, 15) is 10.2 Å². The molecule has 0 saturated heterocycles. The fourth-order valence-corrected chi connectivity index (χ4v) is 10.6. The fourth-order valence-electron chi connectivity index (χ4n) is 10.6. The summed E-state index contributed by atoms with van der Waals surface area (Å²) in [5.41, 5.74) is 1.62. The van der Waals surface area contributed by atoms with Crippen LogP contribution in [0, 0.1) is 51.2 Å². The van der Waals surface area contributed by atoms with Gasteiger partial charge in [-0.2, -0.15) is 0 Å². The molecule has 4 aliphatic carbocycles. The fraction of sp³-hybridized carbons (Fsp3) is 0.935. The predicted octanol–water partition coefficient (Wildman–Crippen LogP) is 7.78. The number of hydrogen-bond donors (Lipinski definition) is 2. The summed E-state index contributed by atoms with van der Waals surface area (Å²) in [5, 5.41) is 23.6. The molecule has 4 rings (SSSR count). The van der Waals surface area contributed by atoms with Crippen molar-refractivity contribution in [2.24, 2.45) is 51.2 Å². The van der Waals surface area contributed by atoms with Crippen molar-refractivity contribution in [3.05, 3.63) is 11.6 Å². The van der Waals surface area contributed by atoms with Gasteiger partial charge in [-0.15, -0.1) is 0 Å². The lowest BCUT2D eigenvalue weighted by atomic mass is 9.34. The van der Waals surface area contributed by atoms with Gasteiger partial charge in [0.15, 0.2) is 0 Å². The minimum Gasteiger partial charge on any atom is -0.393 e. The van der Waals surface area contributed by atoms with Gasteiger partial charge >= 0.3 is 0 Å². The van der Waals surface area contributed by atoms with Gasteiger partial charge in [-0.3, -0.25) is 0 Å². The Morgan fingerprint density at radius 3 is 2.24 bits per heavy atom. The number of allylic oxidation sites excluding steroid dienone is 2. The van der Waals surface area contributed by atoms with Crippen LogP contribution < -0.4 is 0 Å². The summed E-state index contributed by atoms with van der Waals surface area (Å²) in [6.45, 7) is 21.5. The highest BCUT2D eigenvalue weighted by Crippen LogP contribution is 2.76. The maximum Gasteiger partial charge on any atom is 0.0653 e. The van der Waals surface area contributed by atoms with Crippen LogP contribution in [0.4, 0.5) is 0 Å². The topological polar surface area (TPSA) is 40.5 Å². The summed E-state index contributed by atoms with van der Waals surface area (Å²) in [6, 6.07) is 0. The van der Waals surface area contributed by atoms with E-state index < -0.39 is 5.60 Å². The lowest BCUT2D eigenvalue weighted by Gasteiger charge is -2.71. The first-order chi connectivity index (χ1) is 15.1. The molecule has 4 saturated carbocycles. The van der Waals surface area contributed by atoms with Crippen molar-refractivity contribution in [2.45, 2.75) is 132 Å². The van der Waals surface area contributed by atoms with Crippen LogP contribution in [-0.4, -0.2) is 21.9 Å². The Bertz CT molecular complexity index is 776. The zero-order valence-corrected chi connectivity index (χ0v) is 23.3. The van der Waals surface area contributed by atoms with Gasteiger partial charge in [0.05, 0.1) is 11.7 Å². The Balaban J connectivity index is 1.66. The van der Waals surface area contributed by atoms with Crippen LogP contribution in [0.15, 0.2) is 11.6 Å². The van der Waals surface area contributed by atoms with E-state index in [1.54, 1.807) is 0 Å². The molecular weight excluding hydrogens is 404 g/mol. The van der Waals surface area contributed by atoms with Crippen molar-refractivity contribution >= 4 is 0 Å². The van der Waals surface area contributed by atoms with Gasteiger partial charge in [0.1, 0.15) is 0 Å². The number of aliphatic hydroxyl groups is 2. The van der Waals surface area contributed by atoms with Crippen molar-refractivity contribution in [1.82, 2.24) is 0 Å². The minimum absolute atomic E-state index is 0.155. The second kappa shape index (κ2) is 8.09. The van der Waals surface area contributed by atoms with E-state index in [1.807, 2.05) is 0 Å². The molecule has 2 N–H and O–H groups in total. The molecule has 0 bridgehead atoms. The molecule has 4 fully saturated rings. The van der Waals surface area contributed by atoms with E-state index >= 15 is 0 Å². The van der Waals surface area contributed by atoms with Gasteiger partial charge in [-0.1, -0.05) is 53.2 Å². The van der Waals surface area contributed by atoms with Gasteiger partial charge in [-0.25, -0.2) is 0 Å². The molecule has 0 aromatic rings. The average molecular weight is 459 g/mol. The molecular formula is C31H54O2. The molecule has 0 amide bonds. The smallest absolute Gasteiger partial charge is 0.0653 e. The van der Waals surface area contributed by atoms with Crippen molar-refractivity contribution < 1.29 is 10.2 Å². The number of aliphatic hydroxyl groups excluding tert-OH is 1. The molecule has 0 aromatic carbocycles. The van der Waals surface area contributed by atoms with E-state index in [2.05, 4.69) is 68.4 Å². The Labute approximate surface area is 205 Å². The Kier molecular flexibility index (Phi) is 6.31. The summed E-state index contributed by atoms with van der Waals surface area (Å²) in [5.74, 6) is 2.56. The van der Waals surface area contributed by atoms with Crippen LogP contribution in [0.25, 0.3) is 0 Å². The Morgan fingerprint density at radius 1 is 0.970 bits per heavy atom. The second-order valence-corrected chi connectivity index (χ2v) is 14.9. The maximum absolute atomic E-state index is 11.9. The molecule has 4 aliphatic rings. The van der Waals surface area contributed by atoms with Crippen molar-refractivity contribution in [2.75, 3.05) is 0 Å². The predicted molar refractivity (Wildman–Crippen MR) is 139 cm³/mol. The molecule has 2 nitrogen and oxygen atoms in total. The standard InChI is InChI=1S/C31H54O2/c1-20(2)11-10-15-31(9,33)22-13-17-29(7)23(22)19-24(32)26-28(6)16-12-21(3)27(4,5)25(28)14-18-30(26,29)8/h11,21-26,32-33H,10,12-19H2,1-9H3/t21-,22-,23?,24+,25?,26?,28-,29+,30+,31?/m0/s1. The van der Waals surface area contributed by atoms with Crippen molar-refractivity contribution in [3.63, 3.8) is 0 Å². The highest BCUT2D eigenvalue weighted by Gasteiger charge is 2.71. The van der Waals surface area contributed by atoms with Crippen molar-refractivity contribution in [1.29, 1.82) is 0 Å². The monoisotopic (exact) mass is 458 g/mol. The van der Waals surface area contributed by atoms with Crippen molar-refractivity contribution in [3.8, 4) is 0 Å². The summed E-state index contributed by atoms with van der Waals surface area (Å²) in [4.78, 5) is 0. The van der Waals surface area contributed by atoms with E-state index in [0.717, 1.165) is 31.6 Å². The van der Waals surface area contributed by atoms with Crippen LogP contribution in [0.2, 0.25) is 0 Å². The van der Waals surface area contributed by atoms with E-state index in [-0.39, 0.29) is 22.3 Å². The second-order valence-electron chi connectivity index (χ2n) is 14.9. The van der Waals surface area contributed by atoms with E-state index in [0.29, 0.717) is 29.1 Å². The number of hydrogen-bond acceptors (Lipinski definition) is 2. The molecule has 0 aliphatic heterocycles. The van der Waals surface area contributed by atoms with Gasteiger partial charge in [0.2, 0.25) is 0 Å². The highest BCUT2D eigenvalue weighted by molar-refractivity contribution is 5.20. The minimum atomic E-state index is -0.652. The molecule has 33 heavy (non-hydrogen) atoms. The first kappa shape index (κ1) is 25.7. The SMILES string of the molecule is CC(C)=CCCC(C)(O)[C@H]1CC[C@]2(C)C1C[C@@H](O)C1[C@@]3(C)CC[C@H](C)C(C)(C)C3CC[C@]12C. The van der Waals surface area contributed by atoms with Crippen LogP contribution in [-0.2, 0) is 0 Å². The number of rotatable bonds is 4. The molecule has 0 aromatic heterocycles. The van der Waals surface area contributed by atoms with Crippen LogP contribution in [0.1, 0.15) is 120 Å². The zero-order chi connectivity index (χ0) is 24.6. The molecule has 2 heteroatoms. The lowest BCUT2D eigenvalue weighted by Crippen LogP contribution is -2.67. The lowest BCUT2D eigenvalue weighted by molar-refractivity contribution is -0.250. The van der Waals surface area contributed by atoms with Gasteiger partial charge < -0.3 is 10.2 Å². The normalized spacial score (nSPS) is 50.5. The average Bonchev–Trinajstić information content (AvgIpc) is 3.03. The first-order valence-corrected chi connectivity index (χ1v) is 14.1. The third kappa shape index (κ3) is 3.62. The van der Waals surface area contributed by atoms with Gasteiger partial charge in [0.25, 0.3) is 0 Å². The molecule has 0 spiro atoms. The molecule has 4 unspecified atom stereocenters. The van der Waals surface area contributed by atoms with Gasteiger partial charge in [-0.05, 0) is 130 Å². The van der Waals surface area contributed by atoms with Crippen LogP contribution in [0.5, 0.6) is 0 Å². The molecule has 0 radical (unpaired) electrons. The summed E-state index contributed by atoms with van der Waals surface area (Å²) < 4.78 is 0. The van der Waals surface area contributed by atoms with Gasteiger partial charge in [0, 0.05) is 0 Å². The molecule has 0 heterocycles. The Morgan fingerprint density at radius 2 is 1.61 bits per heavy atom. The largest absolute Gasteiger partial charge is 0.393 e. The zero-order valence-electron chi connectivity index (χ0n) is 23.3. The number of fused-ring (bicyclic) bond motifs is 5. The maximum atomic E-state index is 11.9. The summed E-state index contributed by atoms with van der Waals surface area (Å²) in [7, 11) is 0. The third-order valence-corrected chi connectivity index (χ3v) is 12.9.